The summed E-state index contributed by atoms with van der Waals surface area (Å²) in [6, 6.07) is 11.8. The molecule has 1 aromatic carbocycles. The number of halogens is 1. The molecule has 7 heteroatoms. The highest BCUT2D eigenvalue weighted by atomic mass is 35.5. The second kappa shape index (κ2) is 6.29. The van der Waals surface area contributed by atoms with E-state index in [9.17, 15) is 5.11 Å². The lowest BCUT2D eigenvalue weighted by Gasteiger charge is -2.08. The Morgan fingerprint density at radius 2 is 2.00 bits per heavy atom. The van der Waals surface area contributed by atoms with Crippen molar-refractivity contribution < 1.29 is 5.11 Å². The maximum atomic E-state index is 9.52. The molecular formula is C18H17ClN4OS. The van der Waals surface area contributed by atoms with Crippen LogP contribution in [0.1, 0.15) is 17.0 Å². The number of benzene rings is 1. The minimum Gasteiger partial charge on any atom is -0.390 e. The number of aliphatic hydroxyl groups is 1. The van der Waals surface area contributed by atoms with Crippen molar-refractivity contribution in [3.05, 3.63) is 58.4 Å². The van der Waals surface area contributed by atoms with E-state index >= 15 is 0 Å². The predicted octanol–water partition coefficient (Wildman–Crippen LogP) is 4.00. The number of hydrogen-bond donors (Lipinski definition) is 1. The summed E-state index contributed by atoms with van der Waals surface area (Å²) in [5.74, 6) is 0. The Bertz CT molecular complexity index is 1030. The second-order valence-electron chi connectivity index (χ2n) is 5.97. The molecule has 128 valence electrons. The highest BCUT2D eigenvalue weighted by Gasteiger charge is 2.16. The fraction of sp³-hybridized carbons (Fsp3) is 0.222. The van der Waals surface area contributed by atoms with Crippen LogP contribution in [-0.2, 0) is 20.2 Å². The van der Waals surface area contributed by atoms with E-state index in [-0.39, 0.29) is 6.61 Å². The van der Waals surface area contributed by atoms with Crippen LogP contribution in [0.25, 0.3) is 20.8 Å². The molecule has 0 unspecified atom stereocenters. The Labute approximate surface area is 154 Å². The topological polar surface area (TPSA) is 55.9 Å². The lowest BCUT2D eigenvalue weighted by Crippen LogP contribution is -2.04. The van der Waals surface area contributed by atoms with Crippen molar-refractivity contribution >= 4 is 33.2 Å². The molecule has 0 saturated carbocycles. The van der Waals surface area contributed by atoms with Crippen LogP contribution >= 0.6 is 22.9 Å². The van der Waals surface area contributed by atoms with Crippen LogP contribution < -0.4 is 0 Å². The van der Waals surface area contributed by atoms with Crippen molar-refractivity contribution in [2.75, 3.05) is 0 Å². The Balaban J connectivity index is 1.81. The third kappa shape index (κ3) is 2.86. The van der Waals surface area contributed by atoms with E-state index in [0.717, 1.165) is 32.0 Å². The second-order valence-corrected chi connectivity index (χ2v) is 7.40. The summed E-state index contributed by atoms with van der Waals surface area (Å²) in [4.78, 5) is 2.23. The van der Waals surface area contributed by atoms with E-state index in [1.807, 2.05) is 53.7 Å². The monoisotopic (exact) mass is 372 g/mol. The zero-order chi connectivity index (χ0) is 17.6. The first-order valence-corrected chi connectivity index (χ1v) is 9.10. The minimum atomic E-state index is -0.0893. The summed E-state index contributed by atoms with van der Waals surface area (Å²) in [5.41, 5.74) is 3.63. The number of rotatable bonds is 4. The van der Waals surface area contributed by atoms with Gasteiger partial charge < -0.3 is 5.11 Å². The van der Waals surface area contributed by atoms with Gasteiger partial charge in [-0.3, -0.25) is 9.36 Å². The average Bonchev–Trinajstić information content (AvgIpc) is 3.26. The highest BCUT2D eigenvalue weighted by Crippen LogP contribution is 2.35. The maximum absolute atomic E-state index is 9.52. The Kier molecular flexibility index (Phi) is 4.11. The molecule has 0 atom stereocenters. The van der Waals surface area contributed by atoms with Gasteiger partial charge in [0, 0.05) is 17.5 Å². The zero-order valence-corrected chi connectivity index (χ0v) is 15.5. The summed E-state index contributed by atoms with van der Waals surface area (Å²) in [7, 11) is 1.95. The molecule has 0 amide bonds. The smallest absolute Gasteiger partial charge is 0.121 e. The molecule has 0 aliphatic carbocycles. The number of fused-ring (bicyclic) bond motifs is 1. The fourth-order valence-corrected chi connectivity index (χ4v) is 4.32. The first-order valence-electron chi connectivity index (χ1n) is 7.91. The lowest BCUT2D eigenvalue weighted by atomic mass is 10.2. The number of hydrogen-bond acceptors (Lipinski definition) is 4. The van der Waals surface area contributed by atoms with Gasteiger partial charge in [0.1, 0.15) is 4.83 Å². The SMILES string of the molecule is Cc1nn(C)c2sc(-c3cc(CO)nn3Cc3ccccc3Cl)cc12. The summed E-state index contributed by atoms with van der Waals surface area (Å²) in [5, 5.41) is 20.4. The Morgan fingerprint density at radius 3 is 2.72 bits per heavy atom. The van der Waals surface area contributed by atoms with Gasteiger partial charge in [0.05, 0.1) is 35.1 Å². The van der Waals surface area contributed by atoms with Crippen LogP contribution in [0.2, 0.25) is 5.02 Å². The molecular weight excluding hydrogens is 356 g/mol. The molecule has 25 heavy (non-hydrogen) atoms. The summed E-state index contributed by atoms with van der Waals surface area (Å²) >= 11 is 7.98. The van der Waals surface area contributed by atoms with E-state index in [2.05, 4.69) is 16.3 Å². The molecule has 0 aliphatic rings. The van der Waals surface area contributed by atoms with Crippen molar-refractivity contribution in [1.29, 1.82) is 0 Å². The van der Waals surface area contributed by atoms with Crippen LogP contribution in [0.4, 0.5) is 0 Å². The van der Waals surface area contributed by atoms with Gasteiger partial charge in [0.2, 0.25) is 0 Å². The molecule has 4 rings (SSSR count). The van der Waals surface area contributed by atoms with E-state index in [4.69, 9.17) is 11.6 Å². The van der Waals surface area contributed by atoms with Gasteiger partial charge in [-0.15, -0.1) is 11.3 Å². The summed E-state index contributed by atoms with van der Waals surface area (Å²) in [6.45, 7) is 2.48. The number of nitrogens with zero attached hydrogens (tertiary/aromatic N) is 4. The van der Waals surface area contributed by atoms with Crippen molar-refractivity contribution in [2.45, 2.75) is 20.1 Å². The van der Waals surface area contributed by atoms with Gasteiger partial charge >= 0.3 is 0 Å². The van der Waals surface area contributed by atoms with E-state index in [1.54, 1.807) is 11.3 Å². The van der Waals surface area contributed by atoms with Gasteiger partial charge in [-0.1, -0.05) is 29.8 Å². The standard InChI is InChI=1S/C18H17ClN4OS/c1-11-14-8-17(25-18(14)22(2)20-11)16-7-13(10-24)21-23(16)9-12-5-3-4-6-15(12)19/h3-8,24H,9-10H2,1-2H3. The van der Waals surface area contributed by atoms with Crippen molar-refractivity contribution in [3.8, 4) is 10.6 Å². The van der Waals surface area contributed by atoms with Gasteiger partial charge in [-0.2, -0.15) is 10.2 Å². The van der Waals surface area contributed by atoms with Crippen LogP contribution in [-0.4, -0.2) is 24.7 Å². The van der Waals surface area contributed by atoms with E-state index in [1.165, 1.54) is 0 Å². The number of aromatic nitrogens is 4. The quantitative estimate of drug-likeness (QED) is 0.589. The first kappa shape index (κ1) is 16.3. The molecule has 0 radical (unpaired) electrons. The summed E-state index contributed by atoms with van der Waals surface area (Å²) in [6.07, 6.45) is 0. The third-order valence-electron chi connectivity index (χ3n) is 4.22. The van der Waals surface area contributed by atoms with Crippen LogP contribution in [0, 0.1) is 6.92 Å². The van der Waals surface area contributed by atoms with Crippen molar-refractivity contribution in [1.82, 2.24) is 19.6 Å². The third-order valence-corrected chi connectivity index (χ3v) is 5.81. The summed E-state index contributed by atoms with van der Waals surface area (Å²) < 4.78 is 3.81. The molecule has 3 aromatic heterocycles. The van der Waals surface area contributed by atoms with Crippen LogP contribution in [0.3, 0.4) is 0 Å². The zero-order valence-electron chi connectivity index (χ0n) is 13.9. The lowest BCUT2D eigenvalue weighted by molar-refractivity contribution is 0.275. The van der Waals surface area contributed by atoms with Crippen LogP contribution in [0.15, 0.2) is 36.4 Å². The molecule has 0 spiro atoms. The largest absolute Gasteiger partial charge is 0.390 e. The van der Waals surface area contributed by atoms with Gasteiger partial charge in [-0.05, 0) is 30.7 Å². The van der Waals surface area contributed by atoms with Crippen LogP contribution in [0.5, 0.6) is 0 Å². The maximum Gasteiger partial charge on any atom is 0.121 e. The Hall–Kier alpha value is -2.15. The fourth-order valence-electron chi connectivity index (χ4n) is 2.99. The number of aliphatic hydroxyl groups excluding tert-OH is 1. The van der Waals surface area contributed by atoms with E-state index < -0.39 is 0 Å². The molecule has 0 saturated heterocycles. The normalized spacial score (nSPS) is 11.5. The first-order chi connectivity index (χ1) is 12.1. The van der Waals surface area contributed by atoms with Gasteiger partial charge in [-0.25, -0.2) is 0 Å². The molecule has 3 heterocycles. The number of thiophene rings is 1. The van der Waals surface area contributed by atoms with Gasteiger partial charge in [0.25, 0.3) is 0 Å². The molecule has 1 N–H and O–H groups in total. The molecule has 0 fully saturated rings. The minimum absolute atomic E-state index is 0.0893. The molecule has 0 aliphatic heterocycles. The Morgan fingerprint density at radius 1 is 1.20 bits per heavy atom. The van der Waals surface area contributed by atoms with Gasteiger partial charge in [0.15, 0.2) is 0 Å². The molecule has 5 nitrogen and oxygen atoms in total. The number of aryl methyl sites for hydroxylation is 2. The molecule has 0 bridgehead atoms. The highest BCUT2D eigenvalue weighted by molar-refractivity contribution is 7.21. The van der Waals surface area contributed by atoms with Crippen molar-refractivity contribution in [2.24, 2.45) is 7.05 Å². The predicted molar refractivity (Wildman–Crippen MR) is 101 cm³/mol. The molecule has 4 aromatic rings. The van der Waals surface area contributed by atoms with E-state index in [0.29, 0.717) is 17.3 Å². The average molecular weight is 373 g/mol. The van der Waals surface area contributed by atoms with Crippen molar-refractivity contribution in [3.63, 3.8) is 0 Å².